The van der Waals surface area contributed by atoms with Crippen LogP contribution in [-0.4, -0.2) is 12.5 Å². The number of carbonyl (C=O) groups is 1. The molecule has 0 heterocycles. The molecule has 1 aliphatic carbocycles. The van der Waals surface area contributed by atoms with Gasteiger partial charge in [0.1, 0.15) is 5.75 Å². The van der Waals surface area contributed by atoms with E-state index in [0.29, 0.717) is 0 Å². The second-order valence-corrected chi connectivity index (χ2v) is 7.32. The lowest BCUT2D eigenvalue weighted by Crippen LogP contribution is -2.32. The van der Waals surface area contributed by atoms with E-state index in [-0.39, 0.29) is 18.6 Å². The molecule has 1 amide bonds. The molecule has 1 atom stereocenters. The van der Waals surface area contributed by atoms with Crippen LogP contribution in [0.5, 0.6) is 5.75 Å². The van der Waals surface area contributed by atoms with Gasteiger partial charge in [-0.3, -0.25) is 4.79 Å². The van der Waals surface area contributed by atoms with E-state index < -0.39 is 0 Å². The molecule has 0 saturated heterocycles. The standard InChI is InChI=1S/C23H29NO2/c1-4-21(20-11-10-18-7-5-6-8-19(18)14-20)24-23(25)15-26-22-12-9-16(2)13-17(22)3/h9-14,21H,4-8,15H2,1-3H3,(H,24,25). The Kier molecular flexibility index (Phi) is 5.97. The van der Waals surface area contributed by atoms with E-state index in [1.807, 2.05) is 26.0 Å². The van der Waals surface area contributed by atoms with Crippen LogP contribution in [0.1, 0.15) is 60.0 Å². The van der Waals surface area contributed by atoms with Crippen LogP contribution < -0.4 is 10.1 Å². The first-order chi connectivity index (χ1) is 12.6. The summed E-state index contributed by atoms with van der Waals surface area (Å²) in [5.74, 6) is 0.696. The van der Waals surface area contributed by atoms with Gasteiger partial charge in [-0.25, -0.2) is 0 Å². The molecule has 26 heavy (non-hydrogen) atoms. The van der Waals surface area contributed by atoms with Gasteiger partial charge in [-0.15, -0.1) is 0 Å². The monoisotopic (exact) mass is 351 g/mol. The molecule has 1 unspecified atom stereocenters. The van der Waals surface area contributed by atoms with Crippen molar-refractivity contribution in [2.24, 2.45) is 0 Å². The van der Waals surface area contributed by atoms with E-state index in [2.05, 4.69) is 36.5 Å². The summed E-state index contributed by atoms with van der Waals surface area (Å²) < 4.78 is 5.71. The molecule has 2 aromatic rings. The van der Waals surface area contributed by atoms with E-state index in [9.17, 15) is 4.79 Å². The number of benzene rings is 2. The maximum absolute atomic E-state index is 12.4. The highest BCUT2D eigenvalue weighted by Crippen LogP contribution is 2.26. The van der Waals surface area contributed by atoms with Crippen LogP contribution in [0.15, 0.2) is 36.4 Å². The summed E-state index contributed by atoms with van der Waals surface area (Å²) in [6.45, 7) is 6.21. The maximum atomic E-state index is 12.4. The minimum atomic E-state index is -0.0745. The molecular weight excluding hydrogens is 322 g/mol. The first kappa shape index (κ1) is 18.5. The Balaban J connectivity index is 1.61. The molecule has 1 N–H and O–H groups in total. The molecule has 0 aliphatic heterocycles. The van der Waals surface area contributed by atoms with Gasteiger partial charge in [-0.1, -0.05) is 42.8 Å². The van der Waals surface area contributed by atoms with Crippen molar-refractivity contribution in [3.8, 4) is 5.75 Å². The van der Waals surface area contributed by atoms with E-state index in [4.69, 9.17) is 4.74 Å². The number of amides is 1. The van der Waals surface area contributed by atoms with Crippen LogP contribution in [0.25, 0.3) is 0 Å². The second-order valence-electron chi connectivity index (χ2n) is 7.32. The molecule has 0 bridgehead atoms. The van der Waals surface area contributed by atoms with Gasteiger partial charge in [0.2, 0.25) is 0 Å². The summed E-state index contributed by atoms with van der Waals surface area (Å²) in [6, 6.07) is 12.7. The zero-order chi connectivity index (χ0) is 18.5. The molecule has 0 saturated carbocycles. The summed E-state index contributed by atoms with van der Waals surface area (Å²) in [5, 5.41) is 3.13. The molecule has 138 valence electrons. The van der Waals surface area contributed by atoms with E-state index in [1.54, 1.807) is 0 Å². The topological polar surface area (TPSA) is 38.3 Å². The Morgan fingerprint density at radius 3 is 2.58 bits per heavy atom. The van der Waals surface area contributed by atoms with Gasteiger partial charge >= 0.3 is 0 Å². The minimum absolute atomic E-state index is 0.0393. The highest BCUT2D eigenvalue weighted by atomic mass is 16.5. The predicted octanol–water partition coefficient (Wildman–Crippen LogP) is 4.83. The summed E-state index contributed by atoms with van der Waals surface area (Å²) in [7, 11) is 0. The van der Waals surface area contributed by atoms with E-state index >= 15 is 0 Å². The fourth-order valence-corrected chi connectivity index (χ4v) is 3.73. The molecule has 0 spiro atoms. The van der Waals surface area contributed by atoms with Crippen molar-refractivity contribution in [2.75, 3.05) is 6.61 Å². The average Bonchev–Trinajstić information content (AvgIpc) is 2.65. The fraction of sp³-hybridized carbons (Fsp3) is 0.435. The number of aryl methyl sites for hydroxylation is 4. The number of ether oxygens (including phenoxy) is 1. The molecule has 2 aromatic carbocycles. The molecule has 3 nitrogen and oxygen atoms in total. The zero-order valence-electron chi connectivity index (χ0n) is 16.1. The minimum Gasteiger partial charge on any atom is -0.484 e. The van der Waals surface area contributed by atoms with E-state index in [1.165, 1.54) is 41.5 Å². The lowest BCUT2D eigenvalue weighted by Gasteiger charge is -2.22. The normalized spacial score (nSPS) is 14.4. The van der Waals surface area contributed by atoms with Crippen LogP contribution in [0.4, 0.5) is 0 Å². The molecule has 3 rings (SSSR count). The second kappa shape index (κ2) is 8.39. The van der Waals surface area contributed by atoms with Gasteiger partial charge in [0.25, 0.3) is 5.91 Å². The van der Waals surface area contributed by atoms with Gasteiger partial charge < -0.3 is 10.1 Å². The summed E-state index contributed by atoms with van der Waals surface area (Å²) in [4.78, 5) is 12.4. The lowest BCUT2D eigenvalue weighted by atomic mass is 9.89. The molecule has 0 aromatic heterocycles. The molecule has 0 fully saturated rings. The van der Waals surface area contributed by atoms with Gasteiger partial charge in [0.15, 0.2) is 6.61 Å². The molecule has 0 radical (unpaired) electrons. The van der Waals surface area contributed by atoms with Crippen molar-refractivity contribution in [1.29, 1.82) is 0 Å². The number of nitrogens with one attached hydrogen (secondary N) is 1. The fourth-order valence-electron chi connectivity index (χ4n) is 3.73. The van der Waals surface area contributed by atoms with Crippen molar-refractivity contribution in [2.45, 2.75) is 58.9 Å². The Bertz CT molecular complexity index is 782. The van der Waals surface area contributed by atoms with Crippen molar-refractivity contribution >= 4 is 5.91 Å². The average molecular weight is 351 g/mol. The number of hydrogen-bond acceptors (Lipinski definition) is 2. The van der Waals surface area contributed by atoms with Gasteiger partial charge in [0, 0.05) is 0 Å². The number of carbonyl (C=O) groups excluding carboxylic acids is 1. The largest absolute Gasteiger partial charge is 0.484 e. The van der Waals surface area contributed by atoms with Crippen LogP contribution in [-0.2, 0) is 17.6 Å². The SMILES string of the molecule is CCC(NC(=O)COc1ccc(C)cc1C)c1ccc2c(c1)CCCC2. The Morgan fingerprint density at radius 1 is 1.08 bits per heavy atom. The zero-order valence-corrected chi connectivity index (χ0v) is 16.1. The summed E-state index contributed by atoms with van der Waals surface area (Å²) in [6.07, 6.45) is 5.76. The van der Waals surface area contributed by atoms with Crippen molar-refractivity contribution in [3.05, 3.63) is 64.2 Å². The molecule has 3 heteroatoms. The predicted molar refractivity (Wildman–Crippen MR) is 106 cm³/mol. The molecular formula is C23H29NO2. The Hall–Kier alpha value is -2.29. The Labute approximate surface area is 156 Å². The quantitative estimate of drug-likeness (QED) is 0.809. The van der Waals surface area contributed by atoms with E-state index in [0.717, 1.165) is 24.2 Å². The maximum Gasteiger partial charge on any atom is 0.258 e. The highest BCUT2D eigenvalue weighted by molar-refractivity contribution is 5.78. The summed E-state index contributed by atoms with van der Waals surface area (Å²) >= 11 is 0. The van der Waals surface area contributed by atoms with Gasteiger partial charge in [-0.05, 0) is 74.3 Å². The number of hydrogen-bond donors (Lipinski definition) is 1. The third-order valence-electron chi connectivity index (χ3n) is 5.21. The summed E-state index contributed by atoms with van der Waals surface area (Å²) in [5.41, 5.74) is 6.37. The first-order valence-corrected chi connectivity index (χ1v) is 9.68. The van der Waals surface area contributed by atoms with Gasteiger partial charge in [-0.2, -0.15) is 0 Å². The van der Waals surface area contributed by atoms with Crippen LogP contribution in [0.2, 0.25) is 0 Å². The molecule has 1 aliphatic rings. The van der Waals surface area contributed by atoms with Gasteiger partial charge in [0.05, 0.1) is 6.04 Å². The highest BCUT2D eigenvalue weighted by Gasteiger charge is 2.16. The number of fused-ring (bicyclic) bond motifs is 1. The first-order valence-electron chi connectivity index (χ1n) is 9.68. The third kappa shape index (κ3) is 4.46. The van der Waals surface area contributed by atoms with Crippen LogP contribution in [0, 0.1) is 13.8 Å². The van der Waals surface area contributed by atoms with Crippen molar-refractivity contribution in [3.63, 3.8) is 0 Å². The van der Waals surface area contributed by atoms with Crippen molar-refractivity contribution < 1.29 is 9.53 Å². The third-order valence-corrected chi connectivity index (χ3v) is 5.21. The lowest BCUT2D eigenvalue weighted by molar-refractivity contribution is -0.123. The van der Waals surface area contributed by atoms with Crippen molar-refractivity contribution in [1.82, 2.24) is 5.32 Å². The number of rotatable bonds is 6. The smallest absolute Gasteiger partial charge is 0.258 e. The Morgan fingerprint density at radius 2 is 1.85 bits per heavy atom. The van der Waals surface area contributed by atoms with Crippen LogP contribution in [0.3, 0.4) is 0 Å². The van der Waals surface area contributed by atoms with Crippen LogP contribution >= 0.6 is 0 Å².